The molecule has 16 heavy (non-hydrogen) atoms. The van der Waals surface area contributed by atoms with Crippen LogP contribution in [0.1, 0.15) is 18.1 Å². The Morgan fingerprint density at radius 1 is 1.44 bits per heavy atom. The third-order valence-electron chi connectivity index (χ3n) is 2.50. The molecule has 1 atom stereocenters. The number of benzene rings is 1. The number of carbonyl (C=O) groups is 1. The number of nitrogens with one attached hydrogen (secondary N) is 1. The molecule has 0 aliphatic rings. The highest BCUT2D eigenvalue weighted by Crippen LogP contribution is 2.25. The van der Waals surface area contributed by atoms with Gasteiger partial charge in [0.15, 0.2) is 0 Å². The molecule has 0 amide bonds. The number of hydrogen-bond acceptors (Lipinski definition) is 2. The van der Waals surface area contributed by atoms with Gasteiger partial charge in [0.1, 0.15) is 0 Å². The van der Waals surface area contributed by atoms with Crippen molar-refractivity contribution in [1.29, 1.82) is 0 Å². The molecule has 3 nitrogen and oxygen atoms in total. The van der Waals surface area contributed by atoms with Gasteiger partial charge in [-0.25, -0.2) is 0 Å². The van der Waals surface area contributed by atoms with Gasteiger partial charge in [0.2, 0.25) is 0 Å². The van der Waals surface area contributed by atoms with Crippen molar-refractivity contribution in [2.45, 2.75) is 20.8 Å². The van der Waals surface area contributed by atoms with Gasteiger partial charge >= 0.3 is 5.97 Å². The lowest BCUT2D eigenvalue weighted by molar-refractivity contribution is -0.140. The fourth-order valence-electron chi connectivity index (χ4n) is 1.53. The second-order valence-corrected chi connectivity index (χ2v) is 4.95. The second-order valence-electron chi connectivity index (χ2n) is 4.03. The van der Waals surface area contributed by atoms with Gasteiger partial charge in [0, 0.05) is 16.7 Å². The maximum absolute atomic E-state index is 10.7. The molecule has 0 radical (unpaired) electrons. The normalized spacial score (nSPS) is 12.2. The van der Waals surface area contributed by atoms with Gasteiger partial charge in [0.25, 0.3) is 0 Å². The highest BCUT2D eigenvalue weighted by atomic mass is 79.9. The molecule has 1 rings (SSSR count). The maximum atomic E-state index is 10.7. The Morgan fingerprint density at radius 2 is 1.94 bits per heavy atom. The van der Waals surface area contributed by atoms with E-state index in [0.29, 0.717) is 6.54 Å². The summed E-state index contributed by atoms with van der Waals surface area (Å²) in [5.74, 6) is -1.16. The Balaban J connectivity index is 2.78. The van der Waals surface area contributed by atoms with Crippen molar-refractivity contribution in [3.8, 4) is 0 Å². The Kier molecular flexibility index (Phi) is 4.35. The standard InChI is InChI=1S/C12H16BrNO2/c1-7-4-10(13)5-8(2)11(7)14-6-9(3)12(15)16/h4-5,9,14H,6H2,1-3H3,(H,15,16). The average Bonchev–Trinajstić information content (AvgIpc) is 2.15. The number of anilines is 1. The summed E-state index contributed by atoms with van der Waals surface area (Å²) in [6.07, 6.45) is 0. The molecule has 1 unspecified atom stereocenters. The maximum Gasteiger partial charge on any atom is 0.308 e. The zero-order valence-electron chi connectivity index (χ0n) is 9.67. The first-order valence-corrected chi connectivity index (χ1v) is 5.94. The number of carboxylic acid groups (broad SMARTS) is 1. The lowest BCUT2D eigenvalue weighted by Crippen LogP contribution is -2.20. The Bertz CT molecular complexity index is 381. The van der Waals surface area contributed by atoms with E-state index in [1.54, 1.807) is 6.92 Å². The summed E-state index contributed by atoms with van der Waals surface area (Å²) in [7, 11) is 0. The van der Waals surface area contributed by atoms with E-state index in [4.69, 9.17) is 5.11 Å². The SMILES string of the molecule is Cc1cc(Br)cc(C)c1NCC(C)C(=O)O. The lowest BCUT2D eigenvalue weighted by Gasteiger charge is -2.15. The molecule has 0 aliphatic carbocycles. The number of aryl methyl sites for hydroxylation is 2. The van der Waals surface area contributed by atoms with Crippen LogP contribution in [0.4, 0.5) is 5.69 Å². The van der Waals surface area contributed by atoms with Crippen molar-refractivity contribution in [1.82, 2.24) is 0 Å². The Labute approximate surface area is 104 Å². The van der Waals surface area contributed by atoms with Crippen LogP contribution in [0.5, 0.6) is 0 Å². The zero-order valence-corrected chi connectivity index (χ0v) is 11.3. The van der Waals surface area contributed by atoms with Crippen LogP contribution in [-0.4, -0.2) is 17.6 Å². The smallest absolute Gasteiger partial charge is 0.308 e. The molecule has 0 heterocycles. The molecular formula is C12H16BrNO2. The number of carboxylic acids is 1. The largest absolute Gasteiger partial charge is 0.481 e. The van der Waals surface area contributed by atoms with Crippen molar-refractivity contribution >= 4 is 27.6 Å². The Hall–Kier alpha value is -1.03. The number of rotatable bonds is 4. The molecule has 1 aromatic carbocycles. The molecule has 4 heteroatoms. The van der Waals surface area contributed by atoms with Gasteiger partial charge in [-0.1, -0.05) is 22.9 Å². The summed E-state index contributed by atoms with van der Waals surface area (Å²) in [5.41, 5.74) is 3.25. The van der Waals surface area contributed by atoms with E-state index >= 15 is 0 Å². The van der Waals surface area contributed by atoms with E-state index in [-0.39, 0.29) is 5.92 Å². The summed E-state index contributed by atoms with van der Waals surface area (Å²) in [5, 5.41) is 12.0. The monoisotopic (exact) mass is 285 g/mol. The zero-order chi connectivity index (χ0) is 12.3. The van der Waals surface area contributed by atoms with Crippen LogP contribution in [-0.2, 0) is 4.79 Å². The van der Waals surface area contributed by atoms with E-state index in [9.17, 15) is 4.79 Å². The summed E-state index contributed by atoms with van der Waals surface area (Å²) >= 11 is 3.43. The summed E-state index contributed by atoms with van der Waals surface area (Å²) < 4.78 is 1.04. The minimum atomic E-state index is -0.778. The van der Waals surface area contributed by atoms with Crippen LogP contribution in [0, 0.1) is 19.8 Å². The summed E-state index contributed by atoms with van der Waals surface area (Å²) in [6.45, 7) is 6.15. The minimum Gasteiger partial charge on any atom is -0.481 e. The molecule has 0 aliphatic heterocycles. The van der Waals surface area contributed by atoms with Crippen LogP contribution in [0.25, 0.3) is 0 Å². The molecule has 0 fully saturated rings. The molecule has 0 saturated heterocycles. The summed E-state index contributed by atoms with van der Waals surface area (Å²) in [6, 6.07) is 4.03. The van der Waals surface area contributed by atoms with Crippen LogP contribution < -0.4 is 5.32 Å². The van der Waals surface area contributed by atoms with Crippen LogP contribution in [0.2, 0.25) is 0 Å². The molecule has 88 valence electrons. The van der Waals surface area contributed by atoms with Crippen molar-refractivity contribution in [3.05, 3.63) is 27.7 Å². The fraction of sp³-hybridized carbons (Fsp3) is 0.417. The first-order valence-electron chi connectivity index (χ1n) is 5.15. The van der Waals surface area contributed by atoms with E-state index in [1.807, 2.05) is 26.0 Å². The molecule has 1 aromatic rings. The first kappa shape index (κ1) is 13.0. The van der Waals surface area contributed by atoms with Gasteiger partial charge in [-0.15, -0.1) is 0 Å². The fourth-order valence-corrected chi connectivity index (χ4v) is 2.22. The predicted octanol–water partition coefficient (Wildman–Crippen LogP) is 3.20. The third kappa shape index (κ3) is 3.23. The van der Waals surface area contributed by atoms with Crippen LogP contribution >= 0.6 is 15.9 Å². The van der Waals surface area contributed by atoms with Gasteiger partial charge < -0.3 is 10.4 Å². The molecule has 0 aromatic heterocycles. The lowest BCUT2D eigenvalue weighted by atomic mass is 10.1. The van der Waals surface area contributed by atoms with Gasteiger partial charge in [-0.3, -0.25) is 4.79 Å². The topological polar surface area (TPSA) is 49.3 Å². The molecule has 0 spiro atoms. The molecule has 0 bridgehead atoms. The highest BCUT2D eigenvalue weighted by Gasteiger charge is 2.11. The quantitative estimate of drug-likeness (QED) is 0.893. The third-order valence-corrected chi connectivity index (χ3v) is 2.96. The number of hydrogen-bond donors (Lipinski definition) is 2. The van der Waals surface area contributed by atoms with E-state index < -0.39 is 5.97 Å². The first-order chi connectivity index (χ1) is 7.41. The van der Waals surface area contributed by atoms with Crippen LogP contribution in [0.15, 0.2) is 16.6 Å². The average molecular weight is 286 g/mol. The number of aliphatic carboxylic acids is 1. The van der Waals surface area contributed by atoms with E-state index in [1.165, 1.54) is 0 Å². The molecule has 2 N–H and O–H groups in total. The van der Waals surface area contributed by atoms with Crippen molar-refractivity contribution in [3.63, 3.8) is 0 Å². The second kappa shape index (κ2) is 5.34. The summed E-state index contributed by atoms with van der Waals surface area (Å²) in [4.78, 5) is 10.7. The molecular weight excluding hydrogens is 270 g/mol. The highest BCUT2D eigenvalue weighted by molar-refractivity contribution is 9.10. The van der Waals surface area contributed by atoms with Crippen molar-refractivity contribution in [2.24, 2.45) is 5.92 Å². The Morgan fingerprint density at radius 3 is 2.38 bits per heavy atom. The van der Waals surface area contributed by atoms with Gasteiger partial charge in [0.05, 0.1) is 5.92 Å². The van der Waals surface area contributed by atoms with Crippen molar-refractivity contribution < 1.29 is 9.90 Å². The van der Waals surface area contributed by atoms with Crippen LogP contribution in [0.3, 0.4) is 0 Å². The number of halogens is 1. The van der Waals surface area contributed by atoms with E-state index in [0.717, 1.165) is 21.3 Å². The van der Waals surface area contributed by atoms with Gasteiger partial charge in [-0.05, 0) is 37.1 Å². The minimum absolute atomic E-state index is 0.387. The molecule has 0 saturated carbocycles. The van der Waals surface area contributed by atoms with E-state index in [2.05, 4.69) is 21.2 Å². The predicted molar refractivity (Wildman–Crippen MR) is 68.9 cm³/mol. The van der Waals surface area contributed by atoms with Gasteiger partial charge in [-0.2, -0.15) is 0 Å². The van der Waals surface area contributed by atoms with Crippen molar-refractivity contribution in [2.75, 3.05) is 11.9 Å².